The minimum absolute atomic E-state index is 0.100. The van der Waals surface area contributed by atoms with Crippen molar-refractivity contribution in [3.63, 3.8) is 0 Å². The quantitative estimate of drug-likeness (QED) is 0.649. The second-order valence-electron chi connectivity index (χ2n) is 3.91. The highest BCUT2D eigenvalue weighted by Gasteiger charge is 2.25. The van der Waals surface area contributed by atoms with Gasteiger partial charge in [-0.25, -0.2) is 14.4 Å². The topological polar surface area (TPSA) is 63.1 Å². The molecule has 0 bridgehead atoms. The molecule has 1 rings (SSSR count). The SMILES string of the molecule is CCc1ncnc(SC(C(=O)O)C(C)C)c1F. The van der Waals surface area contributed by atoms with E-state index in [-0.39, 0.29) is 10.9 Å². The van der Waals surface area contributed by atoms with Gasteiger partial charge in [0.15, 0.2) is 5.82 Å². The maximum atomic E-state index is 13.8. The molecule has 1 heterocycles. The summed E-state index contributed by atoms with van der Waals surface area (Å²) in [6, 6.07) is 0. The van der Waals surface area contributed by atoms with Crippen molar-refractivity contribution in [3.8, 4) is 0 Å². The molecule has 0 saturated carbocycles. The van der Waals surface area contributed by atoms with Crippen LogP contribution in [-0.2, 0) is 11.2 Å². The summed E-state index contributed by atoms with van der Waals surface area (Å²) in [5, 5.41) is 8.44. The molecule has 4 nitrogen and oxygen atoms in total. The van der Waals surface area contributed by atoms with Crippen LogP contribution in [0.25, 0.3) is 0 Å². The van der Waals surface area contributed by atoms with Gasteiger partial charge in [0, 0.05) is 0 Å². The predicted octanol–water partition coefficient (Wildman–Crippen LogP) is 2.38. The number of aryl methyl sites for hydroxylation is 1. The Kier molecular flexibility index (Phi) is 4.86. The Morgan fingerprint density at radius 2 is 2.18 bits per heavy atom. The monoisotopic (exact) mass is 258 g/mol. The van der Waals surface area contributed by atoms with E-state index in [1.807, 2.05) is 0 Å². The van der Waals surface area contributed by atoms with E-state index in [1.54, 1.807) is 20.8 Å². The Bertz CT molecular complexity index is 412. The van der Waals surface area contributed by atoms with Crippen LogP contribution in [0.2, 0.25) is 0 Å². The van der Waals surface area contributed by atoms with E-state index in [4.69, 9.17) is 5.11 Å². The largest absolute Gasteiger partial charge is 0.480 e. The first kappa shape index (κ1) is 13.9. The van der Waals surface area contributed by atoms with Gasteiger partial charge in [-0.3, -0.25) is 4.79 Å². The summed E-state index contributed by atoms with van der Waals surface area (Å²) in [6.07, 6.45) is 1.73. The molecule has 0 radical (unpaired) electrons. The van der Waals surface area contributed by atoms with Crippen molar-refractivity contribution in [3.05, 3.63) is 17.8 Å². The Hall–Kier alpha value is -1.17. The van der Waals surface area contributed by atoms with E-state index in [0.717, 1.165) is 11.8 Å². The fourth-order valence-electron chi connectivity index (χ4n) is 1.31. The highest BCUT2D eigenvalue weighted by atomic mass is 32.2. The molecule has 6 heteroatoms. The van der Waals surface area contributed by atoms with Gasteiger partial charge in [-0.1, -0.05) is 32.5 Å². The van der Waals surface area contributed by atoms with Crippen molar-refractivity contribution in [2.24, 2.45) is 5.92 Å². The normalized spacial score (nSPS) is 12.8. The smallest absolute Gasteiger partial charge is 0.317 e. The van der Waals surface area contributed by atoms with E-state index in [2.05, 4.69) is 9.97 Å². The molecular weight excluding hydrogens is 243 g/mol. The van der Waals surface area contributed by atoms with Crippen LogP contribution >= 0.6 is 11.8 Å². The van der Waals surface area contributed by atoms with Crippen LogP contribution in [0.1, 0.15) is 26.5 Å². The van der Waals surface area contributed by atoms with Crippen molar-refractivity contribution >= 4 is 17.7 Å². The van der Waals surface area contributed by atoms with Gasteiger partial charge in [0.25, 0.3) is 0 Å². The number of hydrogen-bond acceptors (Lipinski definition) is 4. The molecule has 0 amide bonds. The molecule has 1 aromatic heterocycles. The Morgan fingerprint density at radius 3 is 2.65 bits per heavy atom. The van der Waals surface area contributed by atoms with Crippen LogP contribution in [0.15, 0.2) is 11.4 Å². The van der Waals surface area contributed by atoms with Crippen LogP contribution in [0.3, 0.4) is 0 Å². The minimum Gasteiger partial charge on any atom is -0.480 e. The molecule has 0 saturated heterocycles. The molecule has 0 spiro atoms. The number of rotatable bonds is 5. The first-order valence-electron chi connectivity index (χ1n) is 5.36. The van der Waals surface area contributed by atoms with Crippen molar-refractivity contribution in [1.29, 1.82) is 0 Å². The highest BCUT2D eigenvalue weighted by Crippen LogP contribution is 2.29. The molecule has 94 valence electrons. The molecule has 17 heavy (non-hydrogen) atoms. The Balaban J connectivity index is 2.97. The lowest BCUT2D eigenvalue weighted by atomic mass is 10.1. The number of nitrogens with zero attached hydrogens (tertiary/aromatic N) is 2. The van der Waals surface area contributed by atoms with Crippen LogP contribution in [0.4, 0.5) is 4.39 Å². The molecule has 0 aliphatic heterocycles. The zero-order valence-corrected chi connectivity index (χ0v) is 10.8. The van der Waals surface area contributed by atoms with Crippen LogP contribution in [0.5, 0.6) is 0 Å². The zero-order chi connectivity index (χ0) is 13.0. The lowest BCUT2D eigenvalue weighted by Gasteiger charge is -2.15. The molecule has 1 atom stereocenters. The molecule has 0 aromatic carbocycles. The third-order valence-corrected chi connectivity index (χ3v) is 3.76. The lowest BCUT2D eigenvalue weighted by Crippen LogP contribution is -2.23. The summed E-state index contributed by atoms with van der Waals surface area (Å²) in [5.74, 6) is -1.56. The predicted molar refractivity (Wildman–Crippen MR) is 63.5 cm³/mol. The summed E-state index contributed by atoms with van der Waals surface area (Å²) in [7, 11) is 0. The summed E-state index contributed by atoms with van der Waals surface area (Å²) in [5.41, 5.74) is 0.315. The number of halogens is 1. The Labute approximate surface area is 104 Å². The third-order valence-electron chi connectivity index (χ3n) is 2.25. The van der Waals surface area contributed by atoms with Gasteiger partial charge < -0.3 is 5.11 Å². The molecule has 0 aliphatic rings. The first-order valence-corrected chi connectivity index (χ1v) is 6.24. The number of aromatic nitrogens is 2. The second kappa shape index (κ2) is 5.95. The molecule has 1 aromatic rings. The van der Waals surface area contributed by atoms with Gasteiger partial charge in [-0.05, 0) is 12.3 Å². The Morgan fingerprint density at radius 1 is 1.53 bits per heavy atom. The van der Waals surface area contributed by atoms with E-state index in [1.165, 1.54) is 6.33 Å². The molecule has 0 aliphatic carbocycles. The fraction of sp³-hybridized carbons (Fsp3) is 0.545. The maximum absolute atomic E-state index is 13.8. The number of carboxylic acid groups (broad SMARTS) is 1. The second-order valence-corrected chi connectivity index (χ2v) is 5.04. The average Bonchev–Trinajstić information content (AvgIpc) is 2.26. The summed E-state index contributed by atoms with van der Waals surface area (Å²) < 4.78 is 13.8. The molecule has 1 unspecified atom stereocenters. The van der Waals surface area contributed by atoms with Gasteiger partial charge in [0.05, 0.1) is 5.69 Å². The third kappa shape index (κ3) is 3.39. The van der Waals surface area contributed by atoms with E-state index < -0.39 is 17.0 Å². The van der Waals surface area contributed by atoms with E-state index >= 15 is 0 Å². The van der Waals surface area contributed by atoms with Crippen LogP contribution in [-0.4, -0.2) is 26.3 Å². The van der Waals surface area contributed by atoms with Gasteiger partial charge in [0.2, 0.25) is 0 Å². The van der Waals surface area contributed by atoms with E-state index in [0.29, 0.717) is 12.1 Å². The molecule has 0 fully saturated rings. The fourth-order valence-corrected chi connectivity index (χ4v) is 2.25. The van der Waals surface area contributed by atoms with Crippen molar-refractivity contribution in [2.75, 3.05) is 0 Å². The minimum atomic E-state index is -0.957. The number of hydrogen-bond donors (Lipinski definition) is 1. The lowest BCUT2D eigenvalue weighted by molar-refractivity contribution is -0.137. The summed E-state index contributed by atoms with van der Waals surface area (Å²) in [4.78, 5) is 18.6. The van der Waals surface area contributed by atoms with E-state index in [9.17, 15) is 9.18 Å². The van der Waals surface area contributed by atoms with Gasteiger partial charge in [-0.15, -0.1) is 0 Å². The molecular formula is C11H15FN2O2S. The summed E-state index contributed by atoms with van der Waals surface area (Å²) in [6.45, 7) is 5.36. The zero-order valence-electron chi connectivity index (χ0n) is 9.98. The highest BCUT2D eigenvalue weighted by molar-refractivity contribution is 8.00. The number of carboxylic acids is 1. The first-order chi connectivity index (χ1) is 7.97. The number of aliphatic carboxylic acids is 1. The van der Waals surface area contributed by atoms with Crippen LogP contribution < -0.4 is 0 Å². The van der Waals surface area contributed by atoms with Gasteiger partial charge in [0.1, 0.15) is 16.6 Å². The van der Waals surface area contributed by atoms with Crippen molar-refractivity contribution in [1.82, 2.24) is 9.97 Å². The molecule has 1 N–H and O–H groups in total. The van der Waals surface area contributed by atoms with Crippen molar-refractivity contribution < 1.29 is 14.3 Å². The summed E-state index contributed by atoms with van der Waals surface area (Å²) >= 11 is 0.935. The maximum Gasteiger partial charge on any atom is 0.317 e. The van der Waals surface area contributed by atoms with Crippen molar-refractivity contribution in [2.45, 2.75) is 37.5 Å². The van der Waals surface area contributed by atoms with Crippen LogP contribution in [0, 0.1) is 11.7 Å². The van der Waals surface area contributed by atoms with Gasteiger partial charge in [-0.2, -0.15) is 0 Å². The average molecular weight is 258 g/mol. The number of carbonyl (C=O) groups is 1. The van der Waals surface area contributed by atoms with Gasteiger partial charge >= 0.3 is 5.97 Å². The number of thioether (sulfide) groups is 1. The standard InChI is InChI=1S/C11H15FN2O2S/c1-4-7-8(12)10(14-5-13-7)17-9(6(2)3)11(15)16/h5-6,9H,4H2,1-3H3,(H,15,16).